The van der Waals surface area contributed by atoms with Gasteiger partial charge in [0.05, 0.1) is 26.7 Å². The van der Waals surface area contributed by atoms with Crippen molar-refractivity contribution >= 4 is 0 Å². The predicted molar refractivity (Wildman–Crippen MR) is 56.6 cm³/mol. The van der Waals surface area contributed by atoms with Gasteiger partial charge in [-0.15, -0.1) is 0 Å². The quantitative estimate of drug-likeness (QED) is 0.547. The van der Waals surface area contributed by atoms with Crippen molar-refractivity contribution in [3.05, 3.63) is 0 Å². The van der Waals surface area contributed by atoms with Crippen molar-refractivity contribution in [1.29, 1.82) is 0 Å². The Labute approximate surface area is 82.7 Å². The molecule has 0 spiro atoms. The monoisotopic (exact) mass is 182 g/mol. The highest BCUT2D eigenvalue weighted by Crippen LogP contribution is 2.47. The third-order valence-electron chi connectivity index (χ3n) is 4.60. The lowest BCUT2D eigenvalue weighted by Crippen LogP contribution is -2.60. The first-order chi connectivity index (χ1) is 6.04. The second kappa shape index (κ2) is 2.98. The SMILES string of the molecule is C[N+](C)(C)C12CCCC(CCC1)C2. The van der Waals surface area contributed by atoms with Gasteiger partial charge in [-0.2, -0.15) is 0 Å². The minimum Gasteiger partial charge on any atom is -0.326 e. The summed E-state index contributed by atoms with van der Waals surface area (Å²) in [6.45, 7) is 0. The Bertz CT molecular complexity index is 180. The molecule has 0 aliphatic heterocycles. The molecule has 2 fully saturated rings. The van der Waals surface area contributed by atoms with Crippen LogP contribution < -0.4 is 0 Å². The van der Waals surface area contributed by atoms with Crippen LogP contribution in [0, 0.1) is 5.92 Å². The van der Waals surface area contributed by atoms with Gasteiger partial charge < -0.3 is 4.48 Å². The van der Waals surface area contributed by atoms with Gasteiger partial charge in [0.15, 0.2) is 0 Å². The van der Waals surface area contributed by atoms with Crippen LogP contribution in [0.5, 0.6) is 0 Å². The predicted octanol–water partition coefficient (Wildman–Crippen LogP) is 2.81. The summed E-state index contributed by atoms with van der Waals surface area (Å²) in [5.41, 5.74) is 0.654. The van der Waals surface area contributed by atoms with Crippen molar-refractivity contribution in [3.63, 3.8) is 0 Å². The van der Waals surface area contributed by atoms with E-state index < -0.39 is 0 Å². The van der Waals surface area contributed by atoms with E-state index in [1.54, 1.807) is 0 Å². The van der Waals surface area contributed by atoms with E-state index in [-0.39, 0.29) is 0 Å². The topological polar surface area (TPSA) is 0 Å². The van der Waals surface area contributed by atoms with E-state index in [0.717, 1.165) is 5.92 Å². The molecule has 2 aliphatic rings. The molecule has 0 aromatic carbocycles. The normalized spacial score (nSPS) is 40.4. The molecule has 0 N–H and O–H groups in total. The second-order valence-corrected chi connectivity index (χ2v) is 6.09. The maximum Gasteiger partial charge on any atom is 0.0988 e. The van der Waals surface area contributed by atoms with Crippen LogP contribution in [0.25, 0.3) is 0 Å². The number of quaternary nitrogens is 1. The zero-order valence-electron chi connectivity index (χ0n) is 9.47. The van der Waals surface area contributed by atoms with Crippen molar-refractivity contribution in [3.8, 4) is 0 Å². The van der Waals surface area contributed by atoms with E-state index in [9.17, 15) is 0 Å². The summed E-state index contributed by atoms with van der Waals surface area (Å²) in [4.78, 5) is 0. The lowest BCUT2D eigenvalue weighted by Gasteiger charge is -2.53. The molecule has 0 atom stereocenters. The van der Waals surface area contributed by atoms with Crippen LogP contribution in [0.3, 0.4) is 0 Å². The number of rotatable bonds is 1. The molecule has 1 heteroatoms. The fraction of sp³-hybridized carbons (Fsp3) is 1.00. The molecule has 0 amide bonds. The summed E-state index contributed by atoms with van der Waals surface area (Å²) < 4.78 is 1.20. The molecular formula is C12H24N+. The van der Waals surface area contributed by atoms with Crippen molar-refractivity contribution in [2.75, 3.05) is 21.1 Å². The molecule has 0 aromatic heterocycles. The van der Waals surface area contributed by atoms with Crippen LogP contribution in [-0.2, 0) is 0 Å². The molecule has 0 aromatic rings. The molecule has 2 saturated carbocycles. The Kier molecular flexibility index (Phi) is 2.18. The van der Waals surface area contributed by atoms with Crippen LogP contribution in [0.15, 0.2) is 0 Å². The van der Waals surface area contributed by atoms with Gasteiger partial charge >= 0.3 is 0 Å². The van der Waals surface area contributed by atoms with E-state index in [4.69, 9.17) is 0 Å². The number of hydrogen-bond donors (Lipinski definition) is 0. The standard InChI is InChI=1S/C12H24N/c1-13(2,3)12-8-4-6-11(10-12)7-5-9-12/h11H,4-10H2,1-3H3/q+1. The third kappa shape index (κ3) is 1.52. The van der Waals surface area contributed by atoms with Crippen LogP contribution in [0.4, 0.5) is 0 Å². The minimum atomic E-state index is 0.654. The van der Waals surface area contributed by atoms with Crippen molar-refractivity contribution in [1.82, 2.24) is 0 Å². The summed E-state index contributed by atoms with van der Waals surface area (Å²) in [6.07, 6.45) is 10.5. The van der Waals surface area contributed by atoms with E-state index in [2.05, 4.69) is 21.1 Å². The Morgan fingerprint density at radius 1 is 1.00 bits per heavy atom. The molecule has 0 unspecified atom stereocenters. The fourth-order valence-corrected chi connectivity index (χ4v) is 3.60. The summed E-state index contributed by atoms with van der Waals surface area (Å²) in [6, 6.07) is 0. The van der Waals surface area contributed by atoms with Gasteiger partial charge in [-0.05, 0) is 31.6 Å². The Hall–Kier alpha value is -0.0400. The minimum absolute atomic E-state index is 0.654. The third-order valence-corrected chi connectivity index (χ3v) is 4.60. The lowest BCUT2D eigenvalue weighted by molar-refractivity contribution is -0.927. The molecule has 2 rings (SSSR count). The Morgan fingerprint density at radius 3 is 1.92 bits per heavy atom. The molecular weight excluding hydrogens is 158 g/mol. The van der Waals surface area contributed by atoms with Crippen molar-refractivity contribution < 1.29 is 4.48 Å². The summed E-state index contributed by atoms with van der Waals surface area (Å²) in [5, 5.41) is 0. The number of nitrogens with zero attached hydrogens (tertiary/aromatic N) is 1. The van der Waals surface area contributed by atoms with Crippen molar-refractivity contribution in [2.24, 2.45) is 5.92 Å². The van der Waals surface area contributed by atoms with E-state index in [0.29, 0.717) is 5.54 Å². The number of fused-ring (bicyclic) bond motifs is 2. The van der Waals surface area contributed by atoms with Gasteiger partial charge in [0.25, 0.3) is 0 Å². The largest absolute Gasteiger partial charge is 0.326 e. The van der Waals surface area contributed by atoms with Gasteiger partial charge in [0, 0.05) is 19.3 Å². The molecule has 2 aliphatic carbocycles. The van der Waals surface area contributed by atoms with E-state index >= 15 is 0 Å². The van der Waals surface area contributed by atoms with E-state index in [1.165, 1.54) is 49.4 Å². The highest BCUT2D eigenvalue weighted by atomic mass is 15.3. The molecule has 13 heavy (non-hydrogen) atoms. The van der Waals surface area contributed by atoms with Crippen LogP contribution >= 0.6 is 0 Å². The van der Waals surface area contributed by atoms with Gasteiger partial charge in [-0.25, -0.2) is 0 Å². The first-order valence-electron chi connectivity index (χ1n) is 5.85. The summed E-state index contributed by atoms with van der Waals surface area (Å²) >= 11 is 0. The van der Waals surface area contributed by atoms with Crippen molar-refractivity contribution in [2.45, 2.75) is 50.5 Å². The van der Waals surface area contributed by atoms with Gasteiger partial charge in [0.1, 0.15) is 0 Å². The lowest BCUT2D eigenvalue weighted by atomic mass is 9.66. The van der Waals surface area contributed by atoms with E-state index in [1.807, 2.05) is 0 Å². The Balaban J connectivity index is 2.19. The zero-order chi connectivity index (χ0) is 9.53. The average molecular weight is 182 g/mol. The Morgan fingerprint density at radius 2 is 1.54 bits per heavy atom. The van der Waals surface area contributed by atoms with Crippen LogP contribution in [-0.4, -0.2) is 31.2 Å². The first kappa shape index (κ1) is 9.51. The molecule has 0 radical (unpaired) electrons. The van der Waals surface area contributed by atoms with Gasteiger partial charge in [-0.3, -0.25) is 0 Å². The zero-order valence-corrected chi connectivity index (χ0v) is 9.47. The maximum atomic E-state index is 2.40. The van der Waals surface area contributed by atoms with Gasteiger partial charge in [-0.1, -0.05) is 0 Å². The molecule has 0 saturated heterocycles. The first-order valence-corrected chi connectivity index (χ1v) is 5.85. The number of hydrogen-bond acceptors (Lipinski definition) is 0. The highest BCUT2D eigenvalue weighted by Gasteiger charge is 2.48. The smallest absolute Gasteiger partial charge is 0.0988 e. The molecule has 76 valence electrons. The molecule has 0 heterocycles. The average Bonchev–Trinajstić information content (AvgIpc) is 2.02. The molecule has 1 nitrogen and oxygen atoms in total. The maximum absolute atomic E-state index is 2.40. The second-order valence-electron chi connectivity index (χ2n) is 6.09. The van der Waals surface area contributed by atoms with Gasteiger partial charge in [0.2, 0.25) is 0 Å². The van der Waals surface area contributed by atoms with Crippen LogP contribution in [0.1, 0.15) is 44.9 Å². The summed E-state index contributed by atoms with van der Waals surface area (Å²) in [7, 11) is 7.19. The van der Waals surface area contributed by atoms with Crippen LogP contribution in [0.2, 0.25) is 0 Å². The molecule has 2 bridgehead atoms. The fourth-order valence-electron chi connectivity index (χ4n) is 3.60. The summed E-state index contributed by atoms with van der Waals surface area (Å²) in [5.74, 6) is 1.07. The highest BCUT2D eigenvalue weighted by molar-refractivity contribution is 4.91.